The Balaban J connectivity index is 1.80. The van der Waals surface area contributed by atoms with Crippen molar-refractivity contribution in [1.82, 2.24) is 0 Å². The number of carboxylic acid groups (broad SMARTS) is 1. The first kappa shape index (κ1) is 12.5. The normalized spacial score (nSPS) is 22.7. The van der Waals surface area contributed by atoms with Crippen molar-refractivity contribution in [2.75, 3.05) is 0 Å². The Labute approximate surface area is 93.1 Å². The molecule has 2 nitrogen and oxygen atoms in total. The zero-order valence-corrected chi connectivity index (χ0v) is 10.1. The number of carboxylic acids is 1. The second-order valence-corrected chi connectivity index (χ2v) is 5.59. The van der Waals surface area contributed by atoms with Crippen molar-refractivity contribution in [1.29, 1.82) is 0 Å². The Morgan fingerprint density at radius 2 is 1.73 bits per heavy atom. The topological polar surface area (TPSA) is 37.3 Å². The van der Waals surface area contributed by atoms with Crippen LogP contribution in [-0.4, -0.2) is 11.1 Å². The van der Waals surface area contributed by atoms with Gasteiger partial charge in [-0.3, -0.25) is 4.79 Å². The highest BCUT2D eigenvalue weighted by Crippen LogP contribution is 2.54. The molecule has 0 aliphatic heterocycles. The van der Waals surface area contributed by atoms with E-state index in [1.165, 1.54) is 32.1 Å². The predicted molar refractivity (Wildman–Crippen MR) is 61.8 cm³/mol. The van der Waals surface area contributed by atoms with E-state index in [2.05, 4.69) is 13.8 Å². The fraction of sp³-hybridized carbons (Fsp3) is 0.923. The van der Waals surface area contributed by atoms with Gasteiger partial charge >= 0.3 is 5.97 Å². The number of rotatable bonds is 8. The molecule has 1 N–H and O–H groups in total. The molecule has 0 aromatic rings. The Bertz CT molecular complexity index is 209. The summed E-state index contributed by atoms with van der Waals surface area (Å²) in [6, 6.07) is 0. The molecule has 1 aliphatic carbocycles. The molecule has 0 saturated heterocycles. The van der Waals surface area contributed by atoms with Crippen LogP contribution in [0, 0.1) is 11.3 Å². The van der Waals surface area contributed by atoms with Crippen LogP contribution in [-0.2, 0) is 4.79 Å². The van der Waals surface area contributed by atoms with Crippen molar-refractivity contribution in [2.45, 2.75) is 65.2 Å². The second-order valence-electron chi connectivity index (χ2n) is 5.59. The van der Waals surface area contributed by atoms with Crippen molar-refractivity contribution < 1.29 is 9.90 Å². The number of carbonyl (C=O) groups is 1. The Morgan fingerprint density at radius 1 is 1.20 bits per heavy atom. The summed E-state index contributed by atoms with van der Waals surface area (Å²) in [5, 5.41) is 8.45. The first-order chi connectivity index (χ1) is 7.02. The van der Waals surface area contributed by atoms with E-state index in [1.807, 2.05) is 0 Å². The average Bonchev–Trinajstić information content (AvgIpc) is 2.72. The summed E-state index contributed by atoms with van der Waals surface area (Å²) in [7, 11) is 0. The zero-order valence-electron chi connectivity index (χ0n) is 10.1. The minimum Gasteiger partial charge on any atom is -0.481 e. The molecule has 88 valence electrons. The van der Waals surface area contributed by atoms with Gasteiger partial charge in [0.1, 0.15) is 0 Å². The van der Waals surface area contributed by atoms with Gasteiger partial charge < -0.3 is 5.11 Å². The van der Waals surface area contributed by atoms with Gasteiger partial charge in [0.05, 0.1) is 0 Å². The van der Waals surface area contributed by atoms with Crippen LogP contribution in [0.4, 0.5) is 0 Å². The van der Waals surface area contributed by atoms with Crippen LogP contribution in [0.25, 0.3) is 0 Å². The van der Waals surface area contributed by atoms with Gasteiger partial charge in [-0.2, -0.15) is 0 Å². The number of hydrogen-bond donors (Lipinski definition) is 1. The lowest BCUT2D eigenvalue weighted by molar-refractivity contribution is -0.137. The Morgan fingerprint density at radius 3 is 2.27 bits per heavy atom. The van der Waals surface area contributed by atoms with E-state index in [-0.39, 0.29) is 0 Å². The van der Waals surface area contributed by atoms with E-state index in [0.717, 1.165) is 18.8 Å². The van der Waals surface area contributed by atoms with Gasteiger partial charge in [-0.15, -0.1) is 0 Å². The standard InChI is InChI=1S/C13H24O2/c1-13(2)10-11(13)8-6-4-3-5-7-9-12(14)15/h11H,3-10H2,1-2H3,(H,14,15). The molecule has 0 bridgehead atoms. The van der Waals surface area contributed by atoms with Crippen LogP contribution in [0.2, 0.25) is 0 Å². The van der Waals surface area contributed by atoms with Crippen molar-refractivity contribution in [3.8, 4) is 0 Å². The minimum absolute atomic E-state index is 0.343. The third-order valence-electron chi connectivity index (χ3n) is 3.66. The number of unbranched alkanes of at least 4 members (excludes halogenated alkanes) is 4. The van der Waals surface area contributed by atoms with Crippen LogP contribution >= 0.6 is 0 Å². The van der Waals surface area contributed by atoms with Gasteiger partial charge in [0.25, 0.3) is 0 Å². The van der Waals surface area contributed by atoms with Gasteiger partial charge in [-0.25, -0.2) is 0 Å². The molecule has 1 atom stereocenters. The SMILES string of the molecule is CC1(C)CC1CCCCCCCC(=O)O. The smallest absolute Gasteiger partial charge is 0.303 e. The summed E-state index contributed by atoms with van der Waals surface area (Å²) in [5.41, 5.74) is 0.628. The van der Waals surface area contributed by atoms with E-state index >= 15 is 0 Å². The lowest BCUT2D eigenvalue weighted by Gasteiger charge is -2.03. The van der Waals surface area contributed by atoms with Gasteiger partial charge in [-0.05, 0) is 30.6 Å². The summed E-state index contributed by atoms with van der Waals surface area (Å²) in [4.78, 5) is 10.3. The fourth-order valence-electron chi connectivity index (χ4n) is 2.27. The summed E-state index contributed by atoms with van der Waals surface area (Å²) in [6.07, 6.45) is 8.89. The first-order valence-electron chi connectivity index (χ1n) is 6.24. The zero-order chi connectivity index (χ0) is 11.3. The average molecular weight is 212 g/mol. The Kier molecular flexibility index (Phi) is 4.62. The van der Waals surface area contributed by atoms with Gasteiger partial charge in [-0.1, -0.05) is 39.5 Å². The van der Waals surface area contributed by atoms with Crippen molar-refractivity contribution >= 4 is 5.97 Å². The van der Waals surface area contributed by atoms with Gasteiger partial charge in [0, 0.05) is 6.42 Å². The lowest BCUT2D eigenvalue weighted by Crippen LogP contribution is -1.94. The molecule has 0 heterocycles. The lowest BCUT2D eigenvalue weighted by atomic mass is 10.0. The van der Waals surface area contributed by atoms with E-state index in [9.17, 15) is 4.79 Å². The molecule has 1 saturated carbocycles. The van der Waals surface area contributed by atoms with Gasteiger partial charge in [0.15, 0.2) is 0 Å². The van der Waals surface area contributed by atoms with E-state index in [0.29, 0.717) is 11.8 Å². The molecule has 15 heavy (non-hydrogen) atoms. The molecular formula is C13H24O2. The van der Waals surface area contributed by atoms with Crippen LogP contribution in [0.15, 0.2) is 0 Å². The molecule has 1 fully saturated rings. The highest BCUT2D eigenvalue weighted by atomic mass is 16.4. The van der Waals surface area contributed by atoms with Crippen LogP contribution in [0.3, 0.4) is 0 Å². The fourth-order valence-corrected chi connectivity index (χ4v) is 2.27. The van der Waals surface area contributed by atoms with Crippen LogP contribution < -0.4 is 0 Å². The maximum absolute atomic E-state index is 10.3. The summed E-state index contributed by atoms with van der Waals surface area (Å²) >= 11 is 0. The molecule has 1 rings (SSSR count). The molecule has 0 amide bonds. The van der Waals surface area contributed by atoms with E-state index < -0.39 is 5.97 Å². The first-order valence-corrected chi connectivity index (χ1v) is 6.24. The highest BCUT2D eigenvalue weighted by Gasteiger charge is 2.44. The van der Waals surface area contributed by atoms with Gasteiger partial charge in [0.2, 0.25) is 0 Å². The molecule has 0 radical (unpaired) electrons. The highest BCUT2D eigenvalue weighted by molar-refractivity contribution is 5.66. The summed E-state index contributed by atoms with van der Waals surface area (Å²) in [5.74, 6) is 0.311. The second kappa shape index (κ2) is 5.53. The number of hydrogen-bond acceptors (Lipinski definition) is 1. The molecule has 0 spiro atoms. The largest absolute Gasteiger partial charge is 0.481 e. The maximum atomic E-state index is 10.3. The third kappa shape index (κ3) is 5.19. The summed E-state index contributed by atoms with van der Waals surface area (Å²) < 4.78 is 0. The number of aliphatic carboxylic acids is 1. The molecular weight excluding hydrogens is 188 g/mol. The van der Waals surface area contributed by atoms with E-state index in [4.69, 9.17) is 5.11 Å². The van der Waals surface area contributed by atoms with Crippen molar-refractivity contribution in [3.05, 3.63) is 0 Å². The molecule has 2 heteroatoms. The molecule has 1 aliphatic rings. The third-order valence-corrected chi connectivity index (χ3v) is 3.66. The molecule has 1 unspecified atom stereocenters. The predicted octanol–water partition coefficient (Wildman–Crippen LogP) is 3.85. The minimum atomic E-state index is -0.658. The Hall–Kier alpha value is -0.530. The summed E-state index contributed by atoms with van der Waals surface area (Å²) in [6.45, 7) is 4.70. The maximum Gasteiger partial charge on any atom is 0.303 e. The monoisotopic (exact) mass is 212 g/mol. The van der Waals surface area contributed by atoms with Crippen LogP contribution in [0.5, 0.6) is 0 Å². The van der Waals surface area contributed by atoms with Crippen molar-refractivity contribution in [3.63, 3.8) is 0 Å². The van der Waals surface area contributed by atoms with Crippen molar-refractivity contribution in [2.24, 2.45) is 11.3 Å². The quantitative estimate of drug-likeness (QED) is 0.620. The molecule has 0 aromatic heterocycles. The molecule has 0 aromatic carbocycles. The van der Waals surface area contributed by atoms with Crippen LogP contribution in [0.1, 0.15) is 65.2 Å². The van der Waals surface area contributed by atoms with E-state index in [1.54, 1.807) is 0 Å².